The number of amides is 3. The van der Waals surface area contributed by atoms with Gasteiger partial charge in [0.2, 0.25) is 5.91 Å². The Morgan fingerprint density at radius 2 is 1.97 bits per heavy atom. The van der Waals surface area contributed by atoms with Crippen LogP contribution >= 0.6 is 11.6 Å². The zero-order valence-electron chi connectivity index (χ0n) is 16.7. The third-order valence-corrected chi connectivity index (χ3v) is 5.47. The van der Waals surface area contributed by atoms with Gasteiger partial charge in [0.1, 0.15) is 5.75 Å². The van der Waals surface area contributed by atoms with E-state index in [2.05, 4.69) is 10.6 Å². The van der Waals surface area contributed by atoms with Gasteiger partial charge >= 0.3 is 6.03 Å². The van der Waals surface area contributed by atoms with Crippen molar-refractivity contribution in [2.45, 2.75) is 26.3 Å². The van der Waals surface area contributed by atoms with Crippen molar-refractivity contribution < 1.29 is 14.3 Å². The number of likely N-dealkylation sites (tertiary alicyclic amines) is 1. The number of halogens is 1. The number of piperidine rings is 1. The van der Waals surface area contributed by atoms with Crippen LogP contribution in [0.2, 0.25) is 5.02 Å². The number of anilines is 1. The number of carbonyl (C=O) groups is 2. The molecule has 1 fully saturated rings. The van der Waals surface area contributed by atoms with Gasteiger partial charge in [-0.1, -0.05) is 23.7 Å². The van der Waals surface area contributed by atoms with Crippen molar-refractivity contribution >= 4 is 29.2 Å². The molecular weight excluding hydrogens is 390 g/mol. The highest BCUT2D eigenvalue weighted by molar-refractivity contribution is 6.30. The van der Waals surface area contributed by atoms with Gasteiger partial charge in [0, 0.05) is 30.3 Å². The molecule has 0 aliphatic carbocycles. The fourth-order valence-corrected chi connectivity index (χ4v) is 3.64. The Labute approximate surface area is 176 Å². The molecule has 0 unspecified atom stereocenters. The van der Waals surface area contributed by atoms with Crippen molar-refractivity contribution in [2.24, 2.45) is 5.41 Å². The average molecular weight is 416 g/mol. The third kappa shape index (κ3) is 5.41. The topological polar surface area (TPSA) is 70.7 Å². The molecule has 154 valence electrons. The van der Waals surface area contributed by atoms with E-state index in [-0.39, 0.29) is 11.9 Å². The molecule has 1 aliphatic rings. The third-order valence-electron chi connectivity index (χ3n) is 5.21. The molecular formula is C22H26ClN3O3. The van der Waals surface area contributed by atoms with Crippen molar-refractivity contribution in [1.82, 2.24) is 10.2 Å². The average Bonchev–Trinajstić information content (AvgIpc) is 2.73. The summed E-state index contributed by atoms with van der Waals surface area (Å²) < 4.78 is 5.22. The first-order chi connectivity index (χ1) is 13.9. The highest BCUT2D eigenvalue weighted by atomic mass is 35.5. The van der Waals surface area contributed by atoms with Crippen molar-refractivity contribution in [3.63, 3.8) is 0 Å². The Morgan fingerprint density at radius 1 is 1.21 bits per heavy atom. The van der Waals surface area contributed by atoms with E-state index < -0.39 is 5.41 Å². The fourth-order valence-electron chi connectivity index (χ4n) is 3.51. The molecule has 2 aromatic rings. The lowest BCUT2D eigenvalue weighted by Gasteiger charge is -2.39. The maximum Gasteiger partial charge on any atom is 0.321 e. The first kappa shape index (κ1) is 21.0. The molecule has 0 radical (unpaired) electrons. The number of nitrogens with zero attached hydrogens (tertiary/aromatic N) is 1. The predicted molar refractivity (Wildman–Crippen MR) is 114 cm³/mol. The quantitative estimate of drug-likeness (QED) is 0.764. The lowest BCUT2D eigenvalue weighted by Crippen LogP contribution is -2.52. The molecule has 1 heterocycles. The number of hydrogen-bond donors (Lipinski definition) is 2. The van der Waals surface area contributed by atoms with E-state index in [4.69, 9.17) is 16.3 Å². The van der Waals surface area contributed by atoms with Crippen LogP contribution in [0.1, 0.15) is 25.3 Å². The van der Waals surface area contributed by atoms with Crippen LogP contribution in [0.25, 0.3) is 0 Å². The van der Waals surface area contributed by atoms with Crippen LogP contribution in [0.3, 0.4) is 0 Å². The molecule has 6 nitrogen and oxygen atoms in total. The van der Waals surface area contributed by atoms with Gasteiger partial charge in [-0.2, -0.15) is 0 Å². The summed E-state index contributed by atoms with van der Waals surface area (Å²) in [6, 6.07) is 14.4. The van der Waals surface area contributed by atoms with Crippen LogP contribution in [0, 0.1) is 5.41 Å². The van der Waals surface area contributed by atoms with Crippen molar-refractivity contribution in [3.05, 3.63) is 59.1 Å². The number of nitrogens with one attached hydrogen (secondary N) is 2. The van der Waals surface area contributed by atoms with Crippen LogP contribution in [0.5, 0.6) is 5.75 Å². The first-order valence-electron chi connectivity index (χ1n) is 9.62. The number of hydrogen-bond acceptors (Lipinski definition) is 3. The van der Waals surface area contributed by atoms with E-state index in [1.165, 1.54) is 0 Å². The van der Waals surface area contributed by atoms with Gasteiger partial charge in [-0.15, -0.1) is 0 Å². The van der Waals surface area contributed by atoms with Crippen molar-refractivity contribution in [2.75, 3.05) is 25.5 Å². The summed E-state index contributed by atoms with van der Waals surface area (Å²) in [6.45, 7) is 3.33. The van der Waals surface area contributed by atoms with E-state index >= 15 is 0 Å². The van der Waals surface area contributed by atoms with E-state index in [9.17, 15) is 9.59 Å². The second-order valence-electron chi connectivity index (χ2n) is 7.56. The lowest BCUT2D eigenvalue weighted by atomic mass is 9.81. The van der Waals surface area contributed by atoms with Gasteiger partial charge in [0.25, 0.3) is 0 Å². The predicted octanol–water partition coefficient (Wildman–Crippen LogP) is 4.30. The lowest BCUT2D eigenvalue weighted by molar-refractivity contribution is -0.132. The molecule has 7 heteroatoms. The van der Waals surface area contributed by atoms with E-state index in [0.29, 0.717) is 30.3 Å². The SMILES string of the molecule is COc1cccc(CNC(=O)[C@]2(C)CCCN(C(=O)Nc3ccc(Cl)cc3)C2)c1. The zero-order chi connectivity index (χ0) is 20.9. The van der Waals surface area contributed by atoms with Gasteiger partial charge < -0.3 is 20.3 Å². The molecule has 0 bridgehead atoms. The van der Waals surface area contributed by atoms with Crippen LogP contribution < -0.4 is 15.4 Å². The van der Waals surface area contributed by atoms with Gasteiger partial charge in [-0.25, -0.2) is 4.79 Å². The largest absolute Gasteiger partial charge is 0.497 e. The van der Waals surface area contributed by atoms with E-state index in [1.807, 2.05) is 31.2 Å². The van der Waals surface area contributed by atoms with Crippen molar-refractivity contribution in [1.29, 1.82) is 0 Å². The Hall–Kier alpha value is -2.73. The molecule has 1 atom stereocenters. The fraction of sp³-hybridized carbons (Fsp3) is 0.364. The van der Waals surface area contributed by atoms with Crippen LogP contribution in [0.15, 0.2) is 48.5 Å². The molecule has 1 aliphatic heterocycles. The summed E-state index contributed by atoms with van der Waals surface area (Å²) in [5.41, 5.74) is 1.01. The standard InChI is InChI=1S/C22H26ClN3O3/c1-22(20(27)24-14-16-5-3-6-19(13-16)29-2)11-4-12-26(15-22)21(28)25-18-9-7-17(23)8-10-18/h3,5-10,13H,4,11-12,14-15H2,1-2H3,(H,24,27)(H,25,28)/t22-/m1/s1. The molecule has 3 rings (SSSR count). The smallest absolute Gasteiger partial charge is 0.321 e. The maximum absolute atomic E-state index is 12.9. The van der Waals surface area contributed by atoms with Crippen molar-refractivity contribution in [3.8, 4) is 5.75 Å². The molecule has 3 amide bonds. The van der Waals surface area contributed by atoms with Gasteiger partial charge in [0.15, 0.2) is 0 Å². The van der Waals surface area contributed by atoms with Crippen LogP contribution in [-0.4, -0.2) is 37.0 Å². The second kappa shape index (κ2) is 9.18. The molecule has 29 heavy (non-hydrogen) atoms. The Bertz CT molecular complexity index is 872. The van der Waals surface area contributed by atoms with Gasteiger partial charge in [-0.3, -0.25) is 4.79 Å². The second-order valence-corrected chi connectivity index (χ2v) is 7.99. The number of rotatable bonds is 5. The summed E-state index contributed by atoms with van der Waals surface area (Å²) in [4.78, 5) is 27.2. The molecule has 1 saturated heterocycles. The highest BCUT2D eigenvalue weighted by Gasteiger charge is 2.39. The minimum atomic E-state index is -0.631. The number of benzene rings is 2. The highest BCUT2D eigenvalue weighted by Crippen LogP contribution is 2.30. The van der Waals surface area contributed by atoms with Gasteiger partial charge in [-0.05, 0) is 61.7 Å². The summed E-state index contributed by atoms with van der Waals surface area (Å²) in [5.74, 6) is 0.704. The molecule has 2 N–H and O–H groups in total. The minimum absolute atomic E-state index is 0.0516. The zero-order valence-corrected chi connectivity index (χ0v) is 17.5. The Kier molecular flexibility index (Phi) is 6.64. The number of ether oxygens (including phenoxy) is 1. The normalized spacial score (nSPS) is 18.8. The summed E-state index contributed by atoms with van der Waals surface area (Å²) >= 11 is 5.89. The summed E-state index contributed by atoms with van der Waals surface area (Å²) in [6.07, 6.45) is 1.51. The number of urea groups is 1. The summed E-state index contributed by atoms with van der Waals surface area (Å²) in [5, 5.41) is 6.49. The van der Waals surface area contributed by atoms with E-state index in [1.54, 1.807) is 36.3 Å². The first-order valence-corrected chi connectivity index (χ1v) is 10.0. The number of carbonyl (C=O) groups excluding carboxylic acids is 2. The van der Waals surface area contributed by atoms with Gasteiger partial charge in [0.05, 0.1) is 12.5 Å². The Morgan fingerprint density at radius 3 is 2.69 bits per heavy atom. The van der Waals surface area contributed by atoms with Crippen LogP contribution in [-0.2, 0) is 11.3 Å². The molecule has 2 aromatic carbocycles. The number of methoxy groups -OCH3 is 1. The Balaban J connectivity index is 1.59. The van der Waals surface area contributed by atoms with E-state index in [0.717, 1.165) is 24.2 Å². The summed E-state index contributed by atoms with van der Waals surface area (Å²) in [7, 11) is 1.62. The monoisotopic (exact) mass is 415 g/mol. The molecule has 0 aromatic heterocycles. The maximum atomic E-state index is 12.9. The molecule has 0 spiro atoms. The molecule has 0 saturated carbocycles. The van der Waals surface area contributed by atoms with Crippen LogP contribution in [0.4, 0.5) is 10.5 Å². The minimum Gasteiger partial charge on any atom is -0.497 e.